The number of hydrogen-bond donors (Lipinski definition) is 0. The van der Waals surface area contributed by atoms with E-state index >= 15 is 0 Å². The number of hydrogen-bond acceptors (Lipinski definition) is 4. The van der Waals surface area contributed by atoms with Crippen molar-refractivity contribution in [3.8, 4) is 0 Å². The van der Waals surface area contributed by atoms with Gasteiger partial charge in [-0.05, 0) is 6.92 Å². The summed E-state index contributed by atoms with van der Waals surface area (Å²) in [5.74, 6) is -4.46. The third kappa shape index (κ3) is 4.38. The lowest BCUT2D eigenvalue weighted by Crippen LogP contribution is -2.63. The minimum atomic E-state index is -6.04. The predicted molar refractivity (Wildman–Crippen MR) is 61.5 cm³/mol. The van der Waals surface area contributed by atoms with Crippen LogP contribution >= 0.6 is 0 Å². The molecule has 0 aliphatic heterocycles. The zero-order valence-corrected chi connectivity index (χ0v) is 11.9. The number of alkyl halides is 6. The number of rotatable bonds is 5. The standard InChI is InChI=1S/C12H14F6O4/c1-6(2)8(19)21-5-10(11(13,14)15,12(16,17)18)22-9(20)7(3)4/h7H,1,5H2,2-4H3. The van der Waals surface area contributed by atoms with Gasteiger partial charge in [-0.25, -0.2) is 4.79 Å². The van der Waals surface area contributed by atoms with Gasteiger partial charge in [-0.2, -0.15) is 26.3 Å². The Labute approximate surface area is 122 Å². The molecule has 0 amide bonds. The van der Waals surface area contributed by atoms with E-state index in [1.54, 1.807) is 0 Å². The number of halogens is 6. The van der Waals surface area contributed by atoms with Crippen molar-refractivity contribution in [1.29, 1.82) is 0 Å². The molecule has 22 heavy (non-hydrogen) atoms. The van der Waals surface area contributed by atoms with Gasteiger partial charge in [0.2, 0.25) is 0 Å². The van der Waals surface area contributed by atoms with Crippen LogP contribution in [0.25, 0.3) is 0 Å². The summed E-state index contributed by atoms with van der Waals surface area (Å²) in [6.45, 7) is 3.92. The molecule has 0 spiro atoms. The normalized spacial score (nSPS) is 13.0. The Morgan fingerprint density at radius 1 is 1.05 bits per heavy atom. The monoisotopic (exact) mass is 336 g/mol. The fraction of sp³-hybridized carbons (Fsp3) is 0.667. The Kier molecular flexibility index (Phi) is 6.05. The lowest BCUT2D eigenvalue weighted by molar-refractivity contribution is -0.377. The molecule has 0 rings (SSSR count). The number of carbonyl (C=O) groups excluding carboxylic acids is 2. The van der Waals surface area contributed by atoms with Gasteiger partial charge in [-0.15, -0.1) is 0 Å². The molecule has 0 heterocycles. The Morgan fingerprint density at radius 2 is 1.45 bits per heavy atom. The van der Waals surface area contributed by atoms with Gasteiger partial charge < -0.3 is 9.47 Å². The highest BCUT2D eigenvalue weighted by molar-refractivity contribution is 5.87. The highest BCUT2D eigenvalue weighted by Crippen LogP contribution is 2.46. The summed E-state index contributed by atoms with van der Waals surface area (Å²) in [6, 6.07) is 0. The molecular weight excluding hydrogens is 322 g/mol. The van der Waals surface area contributed by atoms with E-state index in [2.05, 4.69) is 16.1 Å². The van der Waals surface area contributed by atoms with Gasteiger partial charge in [0, 0.05) is 5.57 Å². The molecule has 0 aromatic carbocycles. The van der Waals surface area contributed by atoms with E-state index in [-0.39, 0.29) is 0 Å². The van der Waals surface area contributed by atoms with Crippen molar-refractivity contribution >= 4 is 11.9 Å². The molecule has 10 heteroatoms. The van der Waals surface area contributed by atoms with Gasteiger partial charge in [0.1, 0.15) is 6.61 Å². The third-order valence-electron chi connectivity index (χ3n) is 2.42. The summed E-state index contributed by atoms with van der Waals surface area (Å²) in [6.07, 6.45) is -12.1. The van der Waals surface area contributed by atoms with Crippen LogP contribution in [0.3, 0.4) is 0 Å². The second kappa shape index (κ2) is 6.57. The average Bonchev–Trinajstić information content (AvgIpc) is 2.29. The Morgan fingerprint density at radius 3 is 1.73 bits per heavy atom. The molecule has 0 N–H and O–H groups in total. The van der Waals surface area contributed by atoms with E-state index in [4.69, 9.17) is 0 Å². The molecule has 0 unspecified atom stereocenters. The zero-order valence-electron chi connectivity index (χ0n) is 11.9. The van der Waals surface area contributed by atoms with Gasteiger partial charge in [0.05, 0.1) is 5.92 Å². The third-order valence-corrected chi connectivity index (χ3v) is 2.42. The molecule has 0 saturated carbocycles. The first-order valence-corrected chi connectivity index (χ1v) is 5.84. The van der Waals surface area contributed by atoms with Crippen LogP contribution in [0.2, 0.25) is 0 Å². The van der Waals surface area contributed by atoms with Crippen molar-refractivity contribution < 1.29 is 45.4 Å². The highest BCUT2D eigenvalue weighted by Gasteiger charge is 2.75. The lowest BCUT2D eigenvalue weighted by Gasteiger charge is -2.36. The van der Waals surface area contributed by atoms with Crippen LogP contribution in [0.1, 0.15) is 20.8 Å². The van der Waals surface area contributed by atoms with Crippen LogP contribution in [-0.2, 0) is 19.1 Å². The van der Waals surface area contributed by atoms with E-state index in [0.29, 0.717) is 0 Å². The summed E-state index contributed by atoms with van der Waals surface area (Å²) >= 11 is 0. The summed E-state index contributed by atoms with van der Waals surface area (Å²) < 4.78 is 85.2. The molecule has 0 aliphatic carbocycles. The fourth-order valence-corrected chi connectivity index (χ4v) is 1.05. The smallest absolute Gasteiger partial charge is 0.441 e. The number of carbonyl (C=O) groups is 2. The molecule has 0 radical (unpaired) electrons. The molecular formula is C12H14F6O4. The summed E-state index contributed by atoms with van der Waals surface area (Å²) in [7, 11) is 0. The predicted octanol–water partition coefficient (Wildman–Crippen LogP) is 3.17. The SMILES string of the molecule is C=C(C)C(=O)OCC(OC(=O)C(C)C)(C(F)(F)F)C(F)(F)F. The summed E-state index contributed by atoms with van der Waals surface area (Å²) in [5.41, 5.74) is -5.35. The summed E-state index contributed by atoms with van der Waals surface area (Å²) in [5, 5.41) is 0. The van der Waals surface area contributed by atoms with Crippen LogP contribution in [0, 0.1) is 5.92 Å². The molecule has 0 aromatic rings. The number of esters is 2. The highest BCUT2D eigenvalue weighted by atomic mass is 19.4. The molecule has 128 valence electrons. The maximum Gasteiger partial charge on any atom is 0.441 e. The molecule has 0 fully saturated rings. The van der Waals surface area contributed by atoms with E-state index in [0.717, 1.165) is 20.8 Å². The minimum Gasteiger partial charge on any atom is -0.457 e. The van der Waals surface area contributed by atoms with Crippen molar-refractivity contribution in [2.24, 2.45) is 5.92 Å². The quantitative estimate of drug-likeness (QED) is 0.440. The first-order valence-electron chi connectivity index (χ1n) is 5.84. The van der Waals surface area contributed by atoms with Gasteiger partial charge in [-0.3, -0.25) is 4.79 Å². The van der Waals surface area contributed by atoms with E-state index < -0.39 is 48.0 Å². The van der Waals surface area contributed by atoms with Crippen LogP contribution in [0.5, 0.6) is 0 Å². The second-order valence-corrected chi connectivity index (χ2v) is 4.75. The van der Waals surface area contributed by atoms with Gasteiger partial charge in [-0.1, -0.05) is 20.4 Å². The van der Waals surface area contributed by atoms with Crippen LogP contribution in [0.15, 0.2) is 12.2 Å². The Balaban J connectivity index is 5.75. The van der Waals surface area contributed by atoms with E-state index in [9.17, 15) is 35.9 Å². The van der Waals surface area contributed by atoms with Crippen molar-refractivity contribution in [1.82, 2.24) is 0 Å². The van der Waals surface area contributed by atoms with Crippen molar-refractivity contribution in [2.45, 2.75) is 38.7 Å². The Hall–Kier alpha value is -1.74. The molecule has 0 aromatic heterocycles. The van der Waals surface area contributed by atoms with Gasteiger partial charge >= 0.3 is 29.9 Å². The molecule has 0 aliphatic rings. The molecule has 0 atom stereocenters. The molecule has 0 bridgehead atoms. The van der Waals surface area contributed by atoms with Crippen LogP contribution in [0.4, 0.5) is 26.3 Å². The second-order valence-electron chi connectivity index (χ2n) is 4.75. The lowest BCUT2D eigenvalue weighted by atomic mass is 10.0. The molecule has 4 nitrogen and oxygen atoms in total. The van der Waals surface area contributed by atoms with Gasteiger partial charge in [0.25, 0.3) is 0 Å². The average molecular weight is 336 g/mol. The molecule has 0 saturated heterocycles. The Bertz CT molecular complexity index is 436. The van der Waals surface area contributed by atoms with E-state index in [1.165, 1.54) is 0 Å². The maximum atomic E-state index is 12.9. The maximum absolute atomic E-state index is 12.9. The van der Waals surface area contributed by atoms with Crippen molar-refractivity contribution in [2.75, 3.05) is 6.61 Å². The number of ether oxygens (including phenoxy) is 2. The minimum absolute atomic E-state index is 0.409. The first kappa shape index (κ1) is 20.3. The fourth-order valence-electron chi connectivity index (χ4n) is 1.05. The zero-order chi connectivity index (χ0) is 17.9. The van der Waals surface area contributed by atoms with Crippen molar-refractivity contribution in [3.05, 3.63) is 12.2 Å². The topological polar surface area (TPSA) is 52.6 Å². The summed E-state index contributed by atoms with van der Waals surface area (Å²) in [4.78, 5) is 22.3. The van der Waals surface area contributed by atoms with Gasteiger partial charge in [0.15, 0.2) is 0 Å². The van der Waals surface area contributed by atoms with E-state index in [1.807, 2.05) is 0 Å². The van der Waals surface area contributed by atoms with Crippen LogP contribution in [-0.4, -0.2) is 36.5 Å². The van der Waals surface area contributed by atoms with Crippen molar-refractivity contribution in [3.63, 3.8) is 0 Å². The van der Waals surface area contributed by atoms with Crippen LogP contribution < -0.4 is 0 Å². The first-order chi connectivity index (χ1) is 9.65. The largest absolute Gasteiger partial charge is 0.457 e.